The van der Waals surface area contributed by atoms with Gasteiger partial charge in [-0.1, -0.05) is 39.0 Å². The van der Waals surface area contributed by atoms with Crippen LogP contribution in [0.1, 0.15) is 57.9 Å². The van der Waals surface area contributed by atoms with Crippen molar-refractivity contribution in [3.63, 3.8) is 0 Å². The number of rotatable bonds is 9. The number of carbonyl (C=O) groups is 1. The molecule has 2 rings (SSSR count). The topological polar surface area (TPSA) is 41.6 Å². The van der Waals surface area contributed by atoms with Crippen LogP contribution in [0.2, 0.25) is 0 Å². The lowest BCUT2D eigenvalue weighted by atomic mass is 9.98. The van der Waals surface area contributed by atoms with E-state index in [0.717, 1.165) is 37.6 Å². The van der Waals surface area contributed by atoms with Gasteiger partial charge in [0, 0.05) is 6.54 Å². The Balaban J connectivity index is 1.64. The maximum absolute atomic E-state index is 12.0. The van der Waals surface area contributed by atoms with Gasteiger partial charge < -0.3 is 15.0 Å². The van der Waals surface area contributed by atoms with Gasteiger partial charge in [0.25, 0.3) is 5.91 Å². The van der Waals surface area contributed by atoms with Crippen LogP contribution in [0.25, 0.3) is 0 Å². The molecule has 4 heteroatoms. The summed E-state index contributed by atoms with van der Waals surface area (Å²) in [6.07, 6.45) is 4.66. The highest BCUT2D eigenvalue weighted by Crippen LogP contribution is 2.28. The number of nitrogens with zero attached hydrogens (tertiary/aromatic N) is 1. The second kappa shape index (κ2) is 10.4. The fraction of sp³-hybridized carbons (Fsp3) is 0.667. The van der Waals surface area contributed by atoms with Crippen molar-refractivity contribution >= 4 is 5.91 Å². The van der Waals surface area contributed by atoms with Crippen molar-refractivity contribution in [2.24, 2.45) is 5.92 Å². The SMILES string of the molecule is CCC(C)c1ccccc1OCC(=O)NCCCN1CCC(C)CC1. The summed E-state index contributed by atoms with van der Waals surface area (Å²) in [7, 11) is 0. The number of hydrogen-bond donors (Lipinski definition) is 1. The summed E-state index contributed by atoms with van der Waals surface area (Å²) in [4.78, 5) is 14.5. The summed E-state index contributed by atoms with van der Waals surface area (Å²) in [5.74, 6) is 2.10. The first-order chi connectivity index (χ1) is 12.1. The molecule has 1 N–H and O–H groups in total. The highest BCUT2D eigenvalue weighted by molar-refractivity contribution is 5.77. The minimum Gasteiger partial charge on any atom is -0.483 e. The molecule has 1 aliphatic rings. The molecule has 1 saturated heterocycles. The van der Waals surface area contributed by atoms with Crippen LogP contribution in [0.4, 0.5) is 0 Å². The van der Waals surface area contributed by atoms with Gasteiger partial charge >= 0.3 is 0 Å². The van der Waals surface area contributed by atoms with Crippen LogP contribution < -0.4 is 10.1 Å². The van der Waals surface area contributed by atoms with Crippen LogP contribution in [-0.4, -0.2) is 43.6 Å². The number of piperidine rings is 1. The molecule has 0 spiro atoms. The molecular formula is C21H34N2O2. The van der Waals surface area contributed by atoms with E-state index in [1.807, 2.05) is 18.2 Å². The van der Waals surface area contributed by atoms with Gasteiger partial charge in [-0.25, -0.2) is 0 Å². The third-order valence-electron chi connectivity index (χ3n) is 5.27. The van der Waals surface area contributed by atoms with Crippen molar-refractivity contribution in [1.29, 1.82) is 0 Å². The largest absolute Gasteiger partial charge is 0.483 e. The molecule has 140 valence electrons. The Morgan fingerprint density at radius 3 is 2.76 bits per heavy atom. The fourth-order valence-electron chi connectivity index (χ4n) is 3.25. The summed E-state index contributed by atoms with van der Waals surface area (Å²) in [5.41, 5.74) is 1.18. The molecule has 25 heavy (non-hydrogen) atoms. The van der Waals surface area contributed by atoms with Crippen LogP contribution in [0.5, 0.6) is 5.75 Å². The molecule has 0 saturated carbocycles. The first-order valence-corrected chi connectivity index (χ1v) is 9.81. The van der Waals surface area contributed by atoms with Crippen LogP contribution in [0, 0.1) is 5.92 Å². The second-order valence-corrected chi connectivity index (χ2v) is 7.36. The number of para-hydroxylation sites is 1. The minimum atomic E-state index is -0.0359. The Labute approximate surface area is 152 Å². The van der Waals surface area contributed by atoms with Crippen molar-refractivity contribution in [2.45, 2.75) is 52.4 Å². The molecule has 0 bridgehead atoms. The molecule has 0 aliphatic carbocycles. The van der Waals surface area contributed by atoms with E-state index < -0.39 is 0 Å². The average molecular weight is 347 g/mol. The summed E-state index contributed by atoms with van der Waals surface area (Å²) < 4.78 is 5.76. The van der Waals surface area contributed by atoms with Crippen LogP contribution >= 0.6 is 0 Å². The minimum absolute atomic E-state index is 0.0359. The van der Waals surface area contributed by atoms with E-state index in [1.54, 1.807) is 0 Å². The standard InChI is InChI=1S/C21H34N2O2/c1-4-18(3)19-8-5-6-9-20(19)25-16-21(24)22-12-7-13-23-14-10-17(2)11-15-23/h5-6,8-9,17-18H,4,7,10-16H2,1-3H3,(H,22,24). The molecule has 0 radical (unpaired) electrons. The highest BCUT2D eigenvalue weighted by atomic mass is 16.5. The van der Waals surface area contributed by atoms with Gasteiger partial charge in [-0.3, -0.25) is 4.79 Å². The van der Waals surface area contributed by atoms with E-state index in [0.29, 0.717) is 5.92 Å². The summed E-state index contributed by atoms with van der Waals surface area (Å²) in [6, 6.07) is 8.02. The first-order valence-electron chi connectivity index (χ1n) is 9.81. The number of amides is 1. The molecule has 4 nitrogen and oxygen atoms in total. The Kier molecular flexibility index (Phi) is 8.26. The predicted octanol–water partition coefficient (Wildman–Crippen LogP) is 3.82. The van der Waals surface area contributed by atoms with E-state index in [2.05, 4.69) is 37.1 Å². The van der Waals surface area contributed by atoms with Crippen molar-refractivity contribution in [2.75, 3.05) is 32.8 Å². The Hall–Kier alpha value is -1.55. The lowest BCUT2D eigenvalue weighted by Crippen LogP contribution is -2.36. The number of nitrogens with one attached hydrogen (secondary N) is 1. The molecule has 1 fully saturated rings. The van der Waals surface area contributed by atoms with E-state index in [-0.39, 0.29) is 12.5 Å². The lowest BCUT2D eigenvalue weighted by Gasteiger charge is -2.30. The monoisotopic (exact) mass is 346 g/mol. The summed E-state index contributed by atoms with van der Waals surface area (Å²) in [5, 5.41) is 2.97. The van der Waals surface area contributed by atoms with E-state index in [4.69, 9.17) is 4.74 Å². The van der Waals surface area contributed by atoms with Crippen molar-refractivity contribution in [3.05, 3.63) is 29.8 Å². The highest BCUT2D eigenvalue weighted by Gasteiger charge is 2.15. The Morgan fingerprint density at radius 1 is 1.32 bits per heavy atom. The van der Waals surface area contributed by atoms with Gasteiger partial charge in [0.1, 0.15) is 5.75 Å². The molecule has 1 amide bonds. The number of benzene rings is 1. The molecule has 0 aromatic heterocycles. The van der Waals surface area contributed by atoms with Crippen LogP contribution in [0.3, 0.4) is 0 Å². The second-order valence-electron chi connectivity index (χ2n) is 7.36. The van der Waals surface area contributed by atoms with Crippen molar-refractivity contribution in [3.8, 4) is 5.75 Å². The third-order valence-corrected chi connectivity index (χ3v) is 5.27. The van der Waals surface area contributed by atoms with E-state index >= 15 is 0 Å². The van der Waals surface area contributed by atoms with E-state index in [1.165, 1.54) is 31.5 Å². The summed E-state index contributed by atoms with van der Waals surface area (Å²) >= 11 is 0. The lowest BCUT2D eigenvalue weighted by molar-refractivity contribution is -0.123. The third kappa shape index (κ3) is 6.69. The zero-order valence-corrected chi connectivity index (χ0v) is 16.1. The van der Waals surface area contributed by atoms with Crippen LogP contribution in [-0.2, 0) is 4.79 Å². The van der Waals surface area contributed by atoms with Gasteiger partial charge in [-0.05, 0) is 68.8 Å². The zero-order chi connectivity index (χ0) is 18.1. The number of ether oxygens (including phenoxy) is 1. The molecule has 1 unspecified atom stereocenters. The quantitative estimate of drug-likeness (QED) is 0.691. The van der Waals surface area contributed by atoms with Gasteiger partial charge in [-0.15, -0.1) is 0 Å². The number of likely N-dealkylation sites (tertiary alicyclic amines) is 1. The average Bonchev–Trinajstić information content (AvgIpc) is 2.64. The molecule has 1 atom stereocenters. The molecule has 1 aromatic rings. The normalized spacial score (nSPS) is 17.2. The van der Waals surface area contributed by atoms with Crippen LogP contribution in [0.15, 0.2) is 24.3 Å². The molecular weight excluding hydrogens is 312 g/mol. The number of hydrogen-bond acceptors (Lipinski definition) is 3. The fourth-order valence-corrected chi connectivity index (χ4v) is 3.25. The number of carbonyl (C=O) groups excluding carboxylic acids is 1. The van der Waals surface area contributed by atoms with Crippen molar-refractivity contribution in [1.82, 2.24) is 10.2 Å². The van der Waals surface area contributed by atoms with Gasteiger partial charge in [0.15, 0.2) is 6.61 Å². The molecule has 1 heterocycles. The van der Waals surface area contributed by atoms with E-state index in [9.17, 15) is 4.79 Å². The molecule has 1 aromatic carbocycles. The Morgan fingerprint density at radius 2 is 2.04 bits per heavy atom. The maximum atomic E-state index is 12.0. The zero-order valence-electron chi connectivity index (χ0n) is 16.1. The summed E-state index contributed by atoms with van der Waals surface area (Å²) in [6.45, 7) is 11.0. The smallest absolute Gasteiger partial charge is 0.257 e. The Bertz CT molecular complexity index is 524. The maximum Gasteiger partial charge on any atom is 0.257 e. The van der Waals surface area contributed by atoms with Gasteiger partial charge in [0.05, 0.1) is 0 Å². The van der Waals surface area contributed by atoms with Gasteiger partial charge in [-0.2, -0.15) is 0 Å². The van der Waals surface area contributed by atoms with Gasteiger partial charge in [0.2, 0.25) is 0 Å². The molecule has 1 aliphatic heterocycles. The predicted molar refractivity (Wildman–Crippen MR) is 103 cm³/mol. The van der Waals surface area contributed by atoms with Crippen molar-refractivity contribution < 1.29 is 9.53 Å². The first kappa shape index (κ1) is 19.8.